The van der Waals surface area contributed by atoms with E-state index >= 15 is 0 Å². The van der Waals surface area contributed by atoms with Crippen LogP contribution in [0, 0.1) is 0 Å². The second-order valence-electron chi connectivity index (χ2n) is 7.01. The third kappa shape index (κ3) is 7.23. The van der Waals surface area contributed by atoms with Crippen LogP contribution in [0.2, 0.25) is 0 Å². The van der Waals surface area contributed by atoms with Gasteiger partial charge in [-0.15, -0.1) is 0 Å². The number of ether oxygens (including phenoxy) is 3. The lowest BCUT2D eigenvalue weighted by Crippen LogP contribution is -2.35. The number of benzene rings is 1. The maximum absolute atomic E-state index is 12.9. The molecular weight excluding hydrogens is 432 g/mol. The molecule has 172 valence electrons. The summed E-state index contributed by atoms with van der Waals surface area (Å²) in [6.45, 7) is -5.01. The number of alkyl halides is 4. The smallest absolute Gasteiger partial charge is 0.387 e. The van der Waals surface area contributed by atoms with E-state index in [1.54, 1.807) is 23.4 Å². The van der Waals surface area contributed by atoms with Gasteiger partial charge >= 0.3 is 13.2 Å². The zero-order chi connectivity index (χ0) is 22.9. The first kappa shape index (κ1) is 23.5. The molecule has 1 amide bonds. The van der Waals surface area contributed by atoms with Crippen LogP contribution in [-0.4, -0.2) is 48.3 Å². The molecule has 1 aliphatic rings. The van der Waals surface area contributed by atoms with Crippen LogP contribution in [0.3, 0.4) is 0 Å². The van der Waals surface area contributed by atoms with Gasteiger partial charge in [0.25, 0.3) is 0 Å². The summed E-state index contributed by atoms with van der Waals surface area (Å²) >= 11 is 0. The monoisotopic (exact) mass is 454 g/mol. The van der Waals surface area contributed by atoms with E-state index in [0.29, 0.717) is 19.7 Å². The van der Waals surface area contributed by atoms with Crippen molar-refractivity contribution in [2.24, 2.45) is 0 Å². The summed E-state index contributed by atoms with van der Waals surface area (Å²) in [6, 6.07) is 6.95. The molecule has 32 heavy (non-hydrogen) atoms. The lowest BCUT2D eigenvalue weighted by Gasteiger charge is -2.24. The van der Waals surface area contributed by atoms with Gasteiger partial charge in [-0.3, -0.25) is 9.78 Å². The minimum atomic E-state index is -3.18. The summed E-state index contributed by atoms with van der Waals surface area (Å²) in [5.41, 5.74) is 0.932. The molecule has 6 nitrogen and oxygen atoms in total. The molecule has 1 aromatic carbocycles. The van der Waals surface area contributed by atoms with Gasteiger partial charge < -0.3 is 19.1 Å². The predicted molar refractivity (Wildman–Crippen MR) is 107 cm³/mol. The molecule has 2 aromatic rings. The van der Waals surface area contributed by atoms with Gasteiger partial charge in [-0.1, -0.05) is 6.07 Å². The Morgan fingerprint density at radius 1 is 1.22 bits per heavy atom. The highest BCUT2D eigenvalue weighted by atomic mass is 19.3. The van der Waals surface area contributed by atoms with E-state index in [-0.39, 0.29) is 29.1 Å². The number of hydrogen-bond donors (Lipinski definition) is 0. The normalized spacial score (nSPS) is 16.1. The zero-order valence-corrected chi connectivity index (χ0v) is 17.0. The molecule has 3 rings (SSSR count). The Morgan fingerprint density at radius 2 is 2.03 bits per heavy atom. The fourth-order valence-electron chi connectivity index (χ4n) is 3.27. The molecule has 0 spiro atoms. The number of carbonyl (C=O) groups excluding carboxylic acids is 1. The lowest BCUT2D eigenvalue weighted by atomic mass is 10.1. The minimum Gasteiger partial charge on any atom is -0.435 e. The number of rotatable bonds is 10. The average Bonchev–Trinajstić information content (AvgIpc) is 3.25. The van der Waals surface area contributed by atoms with Gasteiger partial charge in [-0.05, 0) is 42.7 Å². The first-order chi connectivity index (χ1) is 15.4. The summed E-state index contributed by atoms with van der Waals surface area (Å²) in [5, 5.41) is 0. The van der Waals surface area contributed by atoms with E-state index in [9.17, 15) is 22.4 Å². The van der Waals surface area contributed by atoms with Crippen molar-refractivity contribution >= 4 is 12.0 Å². The number of aromatic nitrogens is 1. The standard InChI is InChI=1S/C22H22F4N2O4/c23-21(24)31-17-7-5-16(19(11-17)32-22(25)26)6-8-20(29)28(14-18-4-2-10-30-18)13-15-3-1-9-27-12-15/h1,3,5-9,11-12,18,21-22H,2,4,10,13-14H2/b8-6+. The van der Waals surface area contributed by atoms with Crippen LogP contribution in [0.5, 0.6) is 11.5 Å². The van der Waals surface area contributed by atoms with E-state index in [1.807, 2.05) is 6.07 Å². The number of pyridine rings is 1. The van der Waals surface area contributed by atoms with Crippen molar-refractivity contribution in [3.63, 3.8) is 0 Å². The van der Waals surface area contributed by atoms with Crippen LogP contribution >= 0.6 is 0 Å². The maximum atomic E-state index is 12.9. The van der Waals surface area contributed by atoms with Crippen LogP contribution in [-0.2, 0) is 16.1 Å². The van der Waals surface area contributed by atoms with Gasteiger partial charge in [0, 0.05) is 49.8 Å². The molecular formula is C22H22F4N2O4. The molecule has 0 bridgehead atoms. The van der Waals surface area contributed by atoms with Gasteiger partial charge in [0.1, 0.15) is 11.5 Å². The summed E-state index contributed by atoms with van der Waals surface area (Å²) in [7, 11) is 0. The van der Waals surface area contributed by atoms with Crippen LogP contribution in [0.25, 0.3) is 6.08 Å². The van der Waals surface area contributed by atoms with E-state index in [4.69, 9.17) is 4.74 Å². The molecule has 1 fully saturated rings. The Bertz CT molecular complexity index is 906. The fraction of sp³-hybridized carbons (Fsp3) is 0.364. The Balaban J connectivity index is 1.78. The zero-order valence-electron chi connectivity index (χ0n) is 17.0. The molecule has 0 aliphatic carbocycles. The van der Waals surface area contributed by atoms with E-state index in [0.717, 1.165) is 24.5 Å². The first-order valence-electron chi connectivity index (χ1n) is 9.92. The summed E-state index contributed by atoms with van der Waals surface area (Å²) < 4.78 is 64.6. The summed E-state index contributed by atoms with van der Waals surface area (Å²) in [6.07, 6.45) is 7.43. The van der Waals surface area contributed by atoms with Crippen LogP contribution in [0.4, 0.5) is 17.6 Å². The first-order valence-corrected chi connectivity index (χ1v) is 9.92. The van der Waals surface area contributed by atoms with Gasteiger partial charge in [-0.2, -0.15) is 17.6 Å². The van der Waals surface area contributed by atoms with Gasteiger partial charge in [-0.25, -0.2) is 0 Å². The largest absolute Gasteiger partial charge is 0.435 e. The van der Waals surface area contributed by atoms with Crippen LogP contribution < -0.4 is 9.47 Å². The third-order valence-electron chi connectivity index (χ3n) is 4.69. The molecule has 10 heteroatoms. The number of carbonyl (C=O) groups is 1. The van der Waals surface area contributed by atoms with Crippen molar-refractivity contribution in [3.05, 3.63) is 59.9 Å². The molecule has 1 unspecified atom stereocenters. The molecule has 1 aliphatic heterocycles. The second kappa shape index (κ2) is 11.5. The highest BCUT2D eigenvalue weighted by Crippen LogP contribution is 2.28. The molecule has 0 saturated carbocycles. The lowest BCUT2D eigenvalue weighted by molar-refractivity contribution is -0.128. The van der Waals surface area contributed by atoms with E-state index < -0.39 is 13.2 Å². The Hall–Kier alpha value is -3.14. The van der Waals surface area contributed by atoms with Gasteiger partial charge in [0.15, 0.2) is 0 Å². The SMILES string of the molecule is O=C(/C=C/c1ccc(OC(F)F)cc1OC(F)F)N(Cc1cccnc1)CC1CCCO1. The Labute approximate surface area is 182 Å². The average molecular weight is 454 g/mol. The van der Waals surface area contributed by atoms with Crippen molar-refractivity contribution in [2.45, 2.75) is 38.7 Å². The number of nitrogens with zero attached hydrogens (tertiary/aromatic N) is 2. The second-order valence-corrected chi connectivity index (χ2v) is 7.01. The Morgan fingerprint density at radius 3 is 2.69 bits per heavy atom. The predicted octanol–water partition coefficient (Wildman–Crippen LogP) is 4.51. The molecule has 0 N–H and O–H groups in total. The van der Waals surface area contributed by atoms with Gasteiger partial charge in [0.05, 0.1) is 6.10 Å². The molecule has 0 radical (unpaired) electrons. The number of amides is 1. The van der Waals surface area contributed by atoms with Crippen molar-refractivity contribution in [1.29, 1.82) is 0 Å². The fourth-order valence-corrected chi connectivity index (χ4v) is 3.27. The molecule has 1 atom stereocenters. The van der Waals surface area contributed by atoms with Crippen molar-refractivity contribution in [1.82, 2.24) is 9.88 Å². The highest BCUT2D eigenvalue weighted by Gasteiger charge is 2.22. The van der Waals surface area contributed by atoms with Crippen LogP contribution in [0.1, 0.15) is 24.0 Å². The summed E-state index contributed by atoms with van der Waals surface area (Å²) in [4.78, 5) is 18.5. The molecule has 2 heterocycles. The van der Waals surface area contributed by atoms with Gasteiger partial charge in [0.2, 0.25) is 5.91 Å². The van der Waals surface area contributed by atoms with Crippen molar-refractivity contribution in [3.8, 4) is 11.5 Å². The maximum Gasteiger partial charge on any atom is 0.387 e. The third-order valence-corrected chi connectivity index (χ3v) is 4.69. The van der Waals surface area contributed by atoms with E-state index in [2.05, 4.69) is 14.5 Å². The summed E-state index contributed by atoms with van der Waals surface area (Å²) in [5.74, 6) is -1.10. The van der Waals surface area contributed by atoms with Crippen molar-refractivity contribution in [2.75, 3.05) is 13.2 Å². The number of halogens is 4. The highest BCUT2D eigenvalue weighted by molar-refractivity contribution is 5.92. The Kier molecular flexibility index (Phi) is 8.43. The van der Waals surface area contributed by atoms with E-state index in [1.165, 1.54) is 24.3 Å². The molecule has 1 aromatic heterocycles. The minimum absolute atomic E-state index is 0.0903. The number of hydrogen-bond acceptors (Lipinski definition) is 5. The van der Waals surface area contributed by atoms with Crippen molar-refractivity contribution < 1.29 is 36.6 Å². The molecule has 1 saturated heterocycles. The van der Waals surface area contributed by atoms with Crippen LogP contribution in [0.15, 0.2) is 48.8 Å². The topological polar surface area (TPSA) is 60.9 Å². The quantitative estimate of drug-likeness (QED) is 0.391.